The maximum absolute atomic E-state index is 12.8. The molecule has 156 valence electrons. The number of para-hydroxylation sites is 1. The molecule has 1 aliphatic rings. The standard InChI is InChI=1S/C22H21ClN2O4S/c23-19-8-4-5-9-20(19)24-12-14-25(15-13-24)22(26)21-11-10-17(29-21)16-30(27,28)18-6-2-1-3-7-18/h1-11H,12-16H2. The number of anilines is 1. The second-order valence-electron chi connectivity index (χ2n) is 7.07. The Morgan fingerprint density at radius 2 is 1.57 bits per heavy atom. The van der Waals surface area contributed by atoms with E-state index < -0.39 is 9.84 Å². The second kappa shape index (κ2) is 8.53. The normalized spacial score (nSPS) is 14.7. The molecule has 0 unspecified atom stereocenters. The number of carbonyl (C=O) groups excluding carboxylic acids is 1. The van der Waals surface area contributed by atoms with E-state index in [9.17, 15) is 13.2 Å². The van der Waals surface area contributed by atoms with Crippen molar-refractivity contribution in [2.45, 2.75) is 10.6 Å². The number of rotatable bonds is 5. The summed E-state index contributed by atoms with van der Waals surface area (Å²) in [6.07, 6.45) is 0. The highest BCUT2D eigenvalue weighted by molar-refractivity contribution is 7.90. The van der Waals surface area contributed by atoms with Crippen LogP contribution in [0, 0.1) is 0 Å². The average molecular weight is 445 g/mol. The van der Waals surface area contributed by atoms with Crippen LogP contribution in [0.25, 0.3) is 0 Å². The van der Waals surface area contributed by atoms with Gasteiger partial charge in [0.1, 0.15) is 11.5 Å². The van der Waals surface area contributed by atoms with Crippen LogP contribution in [0.15, 0.2) is 76.0 Å². The Labute approximate surface area is 180 Å². The highest BCUT2D eigenvalue weighted by atomic mass is 35.5. The third kappa shape index (κ3) is 4.37. The molecule has 0 radical (unpaired) electrons. The van der Waals surface area contributed by atoms with Crippen molar-refractivity contribution in [3.8, 4) is 0 Å². The molecular formula is C22H21ClN2O4S. The van der Waals surface area contributed by atoms with Crippen LogP contribution in [0.4, 0.5) is 5.69 Å². The fraction of sp³-hybridized carbons (Fsp3) is 0.227. The van der Waals surface area contributed by atoms with E-state index in [1.807, 2.05) is 24.3 Å². The maximum Gasteiger partial charge on any atom is 0.289 e. The van der Waals surface area contributed by atoms with Gasteiger partial charge < -0.3 is 14.2 Å². The Balaban J connectivity index is 1.40. The van der Waals surface area contributed by atoms with Crippen LogP contribution in [0.5, 0.6) is 0 Å². The lowest BCUT2D eigenvalue weighted by atomic mass is 10.2. The van der Waals surface area contributed by atoms with Gasteiger partial charge in [-0.05, 0) is 36.4 Å². The first-order chi connectivity index (χ1) is 14.4. The Hall–Kier alpha value is -2.77. The van der Waals surface area contributed by atoms with Gasteiger partial charge in [0.2, 0.25) is 0 Å². The van der Waals surface area contributed by atoms with E-state index in [-0.39, 0.29) is 28.1 Å². The number of benzene rings is 2. The third-order valence-corrected chi connectivity index (χ3v) is 7.04. The van der Waals surface area contributed by atoms with E-state index in [1.165, 1.54) is 0 Å². The minimum absolute atomic E-state index is 0.152. The van der Waals surface area contributed by atoms with Crippen LogP contribution < -0.4 is 4.90 Å². The molecule has 8 heteroatoms. The summed E-state index contributed by atoms with van der Waals surface area (Å²) >= 11 is 6.27. The lowest BCUT2D eigenvalue weighted by molar-refractivity contribution is 0.0713. The number of amides is 1. The van der Waals surface area contributed by atoms with E-state index in [0.29, 0.717) is 31.2 Å². The van der Waals surface area contributed by atoms with Crippen LogP contribution >= 0.6 is 11.6 Å². The molecule has 30 heavy (non-hydrogen) atoms. The molecule has 1 aliphatic heterocycles. The van der Waals surface area contributed by atoms with E-state index in [0.717, 1.165) is 5.69 Å². The molecule has 0 saturated carbocycles. The quantitative estimate of drug-likeness (QED) is 0.597. The van der Waals surface area contributed by atoms with Gasteiger partial charge in [-0.2, -0.15) is 0 Å². The predicted octanol–water partition coefficient (Wildman–Crippen LogP) is 3.87. The fourth-order valence-corrected chi connectivity index (χ4v) is 5.01. The van der Waals surface area contributed by atoms with Crippen molar-refractivity contribution in [2.24, 2.45) is 0 Å². The van der Waals surface area contributed by atoms with E-state index in [4.69, 9.17) is 16.0 Å². The van der Waals surface area contributed by atoms with Gasteiger partial charge in [0, 0.05) is 26.2 Å². The monoisotopic (exact) mass is 444 g/mol. The molecule has 4 rings (SSSR count). The van der Waals surface area contributed by atoms with Crippen molar-refractivity contribution >= 4 is 33.0 Å². The average Bonchev–Trinajstić information content (AvgIpc) is 3.22. The number of piperazine rings is 1. The van der Waals surface area contributed by atoms with Gasteiger partial charge in [-0.3, -0.25) is 4.79 Å². The van der Waals surface area contributed by atoms with E-state index in [1.54, 1.807) is 47.4 Å². The molecule has 6 nitrogen and oxygen atoms in total. The first kappa shape index (κ1) is 20.5. The largest absolute Gasteiger partial charge is 0.455 e. The van der Waals surface area contributed by atoms with Crippen LogP contribution in [0.3, 0.4) is 0 Å². The van der Waals surface area contributed by atoms with Crippen molar-refractivity contribution in [3.05, 3.63) is 83.3 Å². The SMILES string of the molecule is O=C(c1ccc(CS(=O)(=O)c2ccccc2)o1)N1CCN(c2ccccc2Cl)CC1. The van der Waals surface area contributed by atoms with Gasteiger partial charge in [-0.15, -0.1) is 0 Å². The highest BCUT2D eigenvalue weighted by Gasteiger charge is 2.26. The molecular weight excluding hydrogens is 424 g/mol. The maximum atomic E-state index is 12.8. The number of hydrogen-bond donors (Lipinski definition) is 0. The minimum Gasteiger partial charge on any atom is -0.455 e. The molecule has 2 aromatic carbocycles. The summed E-state index contributed by atoms with van der Waals surface area (Å²) in [6, 6.07) is 18.9. The summed E-state index contributed by atoms with van der Waals surface area (Å²) in [5, 5.41) is 0.688. The Kier molecular flexibility index (Phi) is 5.83. The lowest BCUT2D eigenvalue weighted by Gasteiger charge is -2.36. The Morgan fingerprint density at radius 3 is 2.27 bits per heavy atom. The van der Waals surface area contributed by atoms with Crippen LogP contribution in [0.1, 0.15) is 16.3 Å². The number of sulfone groups is 1. The number of carbonyl (C=O) groups is 1. The summed E-state index contributed by atoms with van der Waals surface area (Å²) in [5.41, 5.74) is 0.956. The minimum atomic E-state index is -3.53. The topological polar surface area (TPSA) is 70.8 Å². The van der Waals surface area contributed by atoms with Gasteiger partial charge >= 0.3 is 0 Å². The second-order valence-corrected chi connectivity index (χ2v) is 9.47. The zero-order chi connectivity index (χ0) is 21.1. The van der Waals surface area contributed by atoms with Gasteiger partial charge in [-0.1, -0.05) is 41.9 Å². The third-order valence-electron chi connectivity index (χ3n) is 5.07. The first-order valence-electron chi connectivity index (χ1n) is 9.59. The van der Waals surface area contributed by atoms with Crippen molar-refractivity contribution < 1.29 is 17.6 Å². The van der Waals surface area contributed by atoms with Crippen molar-refractivity contribution in [3.63, 3.8) is 0 Å². The Bertz CT molecular complexity index is 1140. The fourth-order valence-electron chi connectivity index (χ4n) is 3.48. The van der Waals surface area contributed by atoms with Gasteiger partial charge in [0.05, 0.1) is 15.6 Å². The number of nitrogens with zero attached hydrogens (tertiary/aromatic N) is 2. The number of halogens is 1. The zero-order valence-electron chi connectivity index (χ0n) is 16.2. The number of hydrogen-bond acceptors (Lipinski definition) is 5. The summed E-state index contributed by atoms with van der Waals surface area (Å²) < 4.78 is 30.6. The van der Waals surface area contributed by atoms with E-state index >= 15 is 0 Å². The molecule has 3 aromatic rings. The summed E-state index contributed by atoms with van der Waals surface area (Å²) in [4.78, 5) is 16.9. The van der Waals surface area contributed by atoms with E-state index in [2.05, 4.69) is 4.90 Å². The van der Waals surface area contributed by atoms with Crippen LogP contribution in [-0.2, 0) is 15.6 Å². The lowest BCUT2D eigenvalue weighted by Crippen LogP contribution is -2.48. The van der Waals surface area contributed by atoms with Gasteiger partial charge in [0.15, 0.2) is 15.6 Å². The molecule has 0 spiro atoms. The molecule has 0 N–H and O–H groups in total. The molecule has 1 amide bonds. The zero-order valence-corrected chi connectivity index (χ0v) is 17.8. The summed E-state index contributed by atoms with van der Waals surface area (Å²) in [6.45, 7) is 2.38. The molecule has 0 aliphatic carbocycles. The summed E-state index contributed by atoms with van der Waals surface area (Å²) in [7, 11) is -3.53. The molecule has 1 saturated heterocycles. The van der Waals surface area contributed by atoms with Gasteiger partial charge in [0.25, 0.3) is 5.91 Å². The highest BCUT2D eigenvalue weighted by Crippen LogP contribution is 2.26. The molecule has 0 atom stereocenters. The first-order valence-corrected chi connectivity index (χ1v) is 11.6. The predicted molar refractivity (Wildman–Crippen MR) is 116 cm³/mol. The van der Waals surface area contributed by atoms with Crippen molar-refractivity contribution in [2.75, 3.05) is 31.1 Å². The van der Waals surface area contributed by atoms with Crippen LogP contribution in [-0.4, -0.2) is 45.4 Å². The molecule has 0 bridgehead atoms. The summed E-state index contributed by atoms with van der Waals surface area (Å²) in [5.74, 6) is -0.126. The van der Waals surface area contributed by atoms with Crippen molar-refractivity contribution in [1.29, 1.82) is 0 Å². The van der Waals surface area contributed by atoms with Gasteiger partial charge in [-0.25, -0.2) is 8.42 Å². The molecule has 2 heterocycles. The Morgan fingerprint density at radius 1 is 0.900 bits per heavy atom. The van der Waals surface area contributed by atoms with Crippen molar-refractivity contribution in [1.82, 2.24) is 4.90 Å². The number of furan rings is 1. The molecule has 1 aromatic heterocycles. The van der Waals surface area contributed by atoms with Crippen LogP contribution in [0.2, 0.25) is 5.02 Å². The molecule has 1 fully saturated rings. The smallest absolute Gasteiger partial charge is 0.289 e.